The Labute approximate surface area is 190 Å². The third-order valence-corrected chi connectivity index (χ3v) is 6.75. The lowest BCUT2D eigenvalue weighted by molar-refractivity contribution is -0.146. The number of thiophene rings is 1. The van der Waals surface area contributed by atoms with Crippen molar-refractivity contribution in [1.29, 1.82) is 0 Å². The van der Waals surface area contributed by atoms with Gasteiger partial charge in [0.2, 0.25) is 11.8 Å². The molecule has 5 nitrogen and oxygen atoms in total. The van der Waals surface area contributed by atoms with Crippen LogP contribution in [0.1, 0.15) is 62.6 Å². The van der Waals surface area contributed by atoms with Crippen LogP contribution < -0.4 is 4.74 Å². The number of methoxy groups -OCH3 is 1. The van der Waals surface area contributed by atoms with Crippen LogP contribution in [0, 0.1) is 5.41 Å². The minimum atomic E-state index is -0.508. The van der Waals surface area contributed by atoms with Gasteiger partial charge in [-0.05, 0) is 47.5 Å². The van der Waals surface area contributed by atoms with Crippen LogP contribution in [0.15, 0.2) is 35.7 Å². The van der Waals surface area contributed by atoms with E-state index in [4.69, 9.17) is 4.74 Å². The van der Waals surface area contributed by atoms with Gasteiger partial charge in [0.05, 0.1) is 19.7 Å². The minimum Gasteiger partial charge on any atom is -0.497 e. The summed E-state index contributed by atoms with van der Waals surface area (Å²) in [5, 5.41) is 2.10. The average molecular weight is 443 g/mol. The van der Waals surface area contributed by atoms with Crippen molar-refractivity contribution in [3.8, 4) is 5.75 Å². The standard InChI is InChI=1S/C25H34N2O3S/c1-6-7-14-26(24(29)25(2,3)4)17-22(28)27-15-12-21-20(13-16-31-21)23(27)18-8-10-19(30-5)11-9-18/h8-11,13,16,23H,6-7,12,14-15,17H2,1-5H3. The molecular weight excluding hydrogens is 408 g/mol. The number of unbranched alkanes of at least 4 members (excludes halogenated alkanes) is 1. The Kier molecular flexibility index (Phi) is 7.42. The molecule has 0 aliphatic carbocycles. The normalized spacial score (nSPS) is 16.0. The van der Waals surface area contributed by atoms with Crippen molar-refractivity contribution < 1.29 is 14.3 Å². The molecule has 0 N–H and O–H groups in total. The SMILES string of the molecule is CCCCN(CC(=O)N1CCc2sccc2C1c1ccc(OC)cc1)C(=O)C(C)(C)C. The number of carbonyl (C=O) groups excluding carboxylic acids is 2. The maximum Gasteiger partial charge on any atom is 0.242 e. The summed E-state index contributed by atoms with van der Waals surface area (Å²) in [5.41, 5.74) is 1.75. The Bertz CT molecular complexity index is 898. The molecule has 1 aliphatic heterocycles. The summed E-state index contributed by atoms with van der Waals surface area (Å²) in [6.07, 6.45) is 2.73. The summed E-state index contributed by atoms with van der Waals surface area (Å²) in [7, 11) is 1.65. The monoisotopic (exact) mass is 442 g/mol. The summed E-state index contributed by atoms with van der Waals surface area (Å²) in [5.74, 6) is 0.833. The minimum absolute atomic E-state index is 0.00590. The van der Waals surface area contributed by atoms with Crippen molar-refractivity contribution >= 4 is 23.2 Å². The number of hydrogen-bond acceptors (Lipinski definition) is 4. The van der Waals surface area contributed by atoms with Gasteiger partial charge in [0.15, 0.2) is 0 Å². The first-order chi connectivity index (χ1) is 14.8. The quantitative estimate of drug-likeness (QED) is 0.612. The van der Waals surface area contributed by atoms with Gasteiger partial charge in [-0.3, -0.25) is 9.59 Å². The number of nitrogens with zero attached hydrogens (tertiary/aromatic N) is 2. The maximum absolute atomic E-state index is 13.6. The third kappa shape index (κ3) is 5.29. The summed E-state index contributed by atoms with van der Waals surface area (Å²) < 4.78 is 5.31. The van der Waals surface area contributed by atoms with Gasteiger partial charge >= 0.3 is 0 Å². The number of ether oxygens (including phenoxy) is 1. The Morgan fingerprint density at radius 3 is 2.52 bits per heavy atom. The highest BCUT2D eigenvalue weighted by Gasteiger charge is 2.35. The molecule has 1 aromatic heterocycles. The molecule has 1 aliphatic rings. The first kappa shape index (κ1) is 23.3. The summed E-state index contributed by atoms with van der Waals surface area (Å²) in [6, 6.07) is 9.94. The molecule has 6 heteroatoms. The van der Waals surface area contributed by atoms with Gasteiger partial charge < -0.3 is 14.5 Å². The number of carbonyl (C=O) groups is 2. The molecule has 1 atom stereocenters. The number of fused-ring (bicyclic) bond motifs is 1. The fraction of sp³-hybridized carbons (Fsp3) is 0.520. The largest absolute Gasteiger partial charge is 0.497 e. The van der Waals surface area contributed by atoms with Crippen molar-refractivity contribution in [2.75, 3.05) is 26.7 Å². The molecule has 1 aromatic carbocycles. The predicted molar refractivity (Wildman–Crippen MR) is 126 cm³/mol. The van der Waals surface area contributed by atoms with E-state index in [1.165, 1.54) is 10.4 Å². The Hall–Kier alpha value is -2.34. The van der Waals surface area contributed by atoms with E-state index in [-0.39, 0.29) is 24.4 Å². The zero-order chi connectivity index (χ0) is 22.6. The lowest BCUT2D eigenvalue weighted by Gasteiger charge is -2.38. The highest BCUT2D eigenvalue weighted by Crippen LogP contribution is 2.38. The van der Waals surface area contributed by atoms with E-state index >= 15 is 0 Å². The van der Waals surface area contributed by atoms with Gasteiger partial charge in [0, 0.05) is 23.4 Å². The van der Waals surface area contributed by atoms with Crippen molar-refractivity contribution in [2.45, 2.75) is 53.0 Å². The second-order valence-electron chi connectivity index (χ2n) is 9.14. The molecule has 1 unspecified atom stereocenters. The van der Waals surface area contributed by atoms with Crippen LogP contribution in [-0.2, 0) is 16.0 Å². The van der Waals surface area contributed by atoms with E-state index in [1.807, 2.05) is 49.9 Å². The number of amides is 2. The van der Waals surface area contributed by atoms with Crippen LogP contribution in [0.4, 0.5) is 0 Å². The smallest absolute Gasteiger partial charge is 0.242 e. The van der Waals surface area contributed by atoms with E-state index in [2.05, 4.69) is 18.4 Å². The number of rotatable bonds is 7. The first-order valence-electron chi connectivity index (χ1n) is 11.0. The molecule has 0 radical (unpaired) electrons. The van der Waals surface area contributed by atoms with Crippen molar-refractivity contribution in [3.63, 3.8) is 0 Å². The number of hydrogen-bond donors (Lipinski definition) is 0. The number of benzene rings is 1. The summed E-state index contributed by atoms with van der Waals surface area (Å²) >= 11 is 1.75. The topological polar surface area (TPSA) is 49.9 Å². The predicted octanol–water partition coefficient (Wildman–Crippen LogP) is 4.91. The van der Waals surface area contributed by atoms with Crippen molar-refractivity contribution in [1.82, 2.24) is 9.80 Å². The average Bonchev–Trinajstić information content (AvgIpc) is 3.23. The molecule has 0 bridgehead atoms. The lowest BCUT2D eigenvalue weighted by Crippen LogP contribution is -2.49. The second kappa shape index (κ2) is 9.86. The van der Waals surface area contributed by atoms with Crippen LogP contribution in [0.3, 0.4) is 0 Å². The zero-order valence-electron chi connectivity index (χ0n) is 19.3. The van der Waals surface area contributed by atoms with Crippen LogP contribution in [-0.4, -0.2) is 48.4 Å². The molecule has 31 heavy (non-hydrogen) atoms. The van der Waals surface area contributed by atoms with Gasteiger partial charge in [-0.15, -0.1) is 11.3 Å². The molecule has 2 aromatic rings. The lowest BCUT2D eigenvalue weighted by atomic mass is 9.92. The fourth-order valence-electron chi connectivity index (χ4n) is 4.06. The molecule has 0 spiro atoms. The Morgan fingerprint density at radius 2 is 1.90 bits per heavy atom. The van der Waals surface area contributed by atoms with E-state index < -0.39 is 5.41 Å². The molecule has 0 saturated heterocycles. The second-order valence-corrected chi connectivity index (χ2v) is 10.1. The fourth-order valence-corrected chi connectivity index (χ4v) is 4.96. The van der Waals surface area contributed by atoms with Gasteiger partial charge in [-0.25, -0.2) is 0 Å². The van der Waals surface area contributed by atoms with E-state index in [0.717, 1.165) is 30.6 Å². The van der Waals surface area contributed by atoms with Crippen molar-refractivity contribution in [2.24, 2.45) is 5.41 Å². The van der Waals surface area contributed by atoms with Crippen LogP contribution >= 0.6 is 11.3 Å². The molecule has 168 valence electrons. The maximum atomic E-state index is 13.6. The molecule has 0 fully saturated rings. The molecule has 2 amide bonds. The molecular formula is C25H34N2O3S. The van der Waals surface area contributed by atoms with Gasteiger partial charge in [0.1, 0.15) is 5.75 Å². The van der Waals surface area contributed by atoms with E-state index in [9.17, 15) is 9.59 Å². The van der Waals surface area contributed by atoms with E-state index in [0.29, 0.717) is 13.1 Å². The zero-order valence-corrected chi connectivity index (χ0v) is 20.1. The van der Waals surface area contributed by atoms with Crippen LogP contribution in [0.2, 0.25) is 0 Å². The highest BCUT2D eigenvalue weighted by atomic mass is 32.1. The Morgan fingerprint density at radius 1 is 1.19 bits per heavy atom. The third-order valence-electron chi connectivity index (χ3n) is 5.75. The van der Waals surface area contributed by atoms with Gasteiger partial charge in [0.25, 0.3) is 0 Å². The van der Waals surface area contributed by atoms with Crippen molar-refractivity contribution in [3.05, 3.63) is 51.7 Å². The van der Waals surface area contributed by atoms with E-state index in [1.54, 1.807) is 23.3 Å². The highest BCUT2D eigenvalue weighted by molar-refractivity contribution is 7.10. The van der Waals surface area contributed by atoms with Crippen LogP contribution in [0.5, 0.6) is 5.75 Å². The summed E-state index contributed by atoms with van der Waals surface area (Å²) in [6.45, 7) is 9.25. The van der Waals surface area contributed by atoms with Crippen LogP contribution in [0.25, 0.3) is 0 Å². The first-order valence-corrected chi connectivity index (χ1v) is 11.9. The molecule has 0 saturated carbocycles. The Balaban J connectivity index is 1.88. The van der Waals surface area contributed by atoms with Gasteiger partial charge in [-0.2, -0.15) is 0 Å². The molecule has 2 heterocycles. The summed E-state index contributed by atoms with van der Waals surface area (Å²) in [4.78, 5) is 31.6. The van der Waals surface area contributed by atoms with Gasteiger partial charge in [-0.1, -0.05) is 46.2 Å². The molecule has 3 rings (SSSR count).